The van der Waals surface area contributed by atoms with Crippen molar-refractivity contribution >= 4 is 27.5 Å². The average molecular weight is 345 g/mol. The van der Waals surface area contributed by atoms with Crippen LogP contribution in [0.2, 0.25) is 0 Å². The van der Waals surface area contributed by atoms with Crippen LogP contribution in [-0.4, -0.2) is 29.3 Å². The van der Waals surface area contributed by atoms with Crippen LogP contribution in [0.3, 0.4) is 0 Å². The highest BCUT2D eigenvalue weighted by Crippen LogP contribution is 2.30. The van der Waals surface area contributed by atoms with Gasteiger partial charge in [-0.15, -0.1) is 0 Å². The van der Waals surface area contributed by atoms with Gasteiger partial charge in [-0.3, -0.25) is 14.9 Å². The zero-order chi connectivity index (χ0) is 15.1. The van der Waals surface area contributed by atoms with E-state index in [-0.39, 0.29) is 28.9 Å². The molecule has 0 aliphatic carbocycles. The molecule has 6 nitrogen and oxygen atoms in total. The molecule has 0 fully saturated rings. The molecule has 0 saturated carbocycles. The fourth-order valence-corrected chi connectivity index (χ4v) is 2.39. The number of ether oxygens (including phenoxy) is 1. The number of para-hydroxylation sites is 1. The summed E-state index contributed by atoms with van der Waals surface area (Å²) >= 11 is 3.33. The summed E-state index contributed by atoms with van der Waals surface area (Å²) in [4.78, 5) is 22.6. The molecule has 0 aliphatic heterocycles. The Hall–Kier alpha value is -1.63. The number of nitrogens with zero attached hydrogens (tertiary/aromatic N) is 1. The number of benzene rings is 1. The van der Waals surface area contributed by atoms with Crippen molar-refractivity contribution in [1.29, 1.82) is 0 Å². The van der Waals surface area contributed by atoms with E-state index in [4.69, 9.17) is 4.74 Å². The lowest BCUT2D eigenvalue weighted by molar-refractivity contribution is -0.385. The maximum Gasteiger partial charge on any atom is 0.311 e. The summed E-state index contributed by atoms with van der Waals surface area (Å²) in [6.45, 7) is 1.97. The molecule has 1 amide bonds. The topological polar surface area (TPSA) is 81.5 Å². The standard InChI is InChI=1S/C13H17BrN2O4/c1-3-9(7-8-14)15-13(17)10-5-4-6-11(16(18)19)12(10)20-2/h4-6,9H,3,7-8H2,1-2H3,(H,15,17). The van der Waals surface area contributed by atoms with Crippen LogP contribution in [0.4, 0.5) is 5.69 Å². The molecule has 7 heteroatoms. The number of hydrogen-bond acceptors (Lipinski definition) is 4. The van der Waals surface area contributed by atoms with Gasteiger partial charge in [-0.05, 0) is 18.9 Å². The minimum atomic E-state index is -0.564. The van der Waals surface area contributed by atoms with Crippen LogP contribution in [0.1, 0.15) is 30.1 Å². The van der Waals surface area contributed by atoms with Gasteiger partial charge < -0.3 is 10.1 Å². The van der Waals surface area contributed by atoms with Crippen molar-refractivity contribution < 1.29 is 14.5 Å². The number of rotatable bonds is 7. The van der Waals surface area contributed by atoms with Gasteiger partial charge in [-0.25, -0.2) is 0 Å². The predicted molar refractivity (Wildman–Crippen MR) is 79.6 cm³/mol. The zero-order valence-corrected chi connectivity index (χ0v) is 13.0. The Labute approximate surface area is 125 Å². The van der Waals surface area contributed by atoms with Gasteiger partial charge >= 0.3 is 5.69 Å². The van der Waals surface area contributed by atoms with Gasteiger partial charge in [0.25, 0.3) is 5.91 Å². The van der Waals surface area contributed by atoms with E-state index in [2.05, 4.69) is 21.2 Å². The maximum atomic E-state index is 12.2. The molecule has 1 rings (SSSR count). The molecule has 20 heavy (non-hydrogen) atoms. The summed E-state index contributed by atoms with van der Waals surface area (Å²) in [7, 11) is 1.31. The van der Waals surface area contributed by atoms with Crippen LogP contribution in [0.25, 0.3) is 0 Å². The lowest BCUT2D eigenvalue weighted by Gasteiger charge is -2.16. The van der Waals surface area contributed by atoms with Crippen LogP contribution in [0.5, 0.6) is 5.75 Å². The number of methoxy groups -OCH3 is 1. The summed E-state index contributed by atoms with van der Waals surface area (Å²) in [6.07, 6.45) is 1.58. The normalized spacial score (nSPS) is 11.8. The molecule has 0 saturated heterocycles. The Morgan fingerprint density at radius 3 is 2.75 bits per heavy atom. The first-order chi connectivity index (χ1) is 9.54. The molecule has 0 spiro atoms. The van der Waals surface area contributed by atoms with Gasteiger partial charge in [0.15, 0.2) is 0 Å². The number of carbonyl (C=O) groups excluding carboxylic acids is 1. The zero-order valence-electron chi connectivity index (χ0n) is 11.4. The summed E-state index contributed by atoms with van der Waals surface area (Å²) in [5.41, 5.74) is -0.0385. The summed E-state index contributed by atoms with van der Waals surface area (Å²) in [6, 6.07) is 4.32. The van der Waals surface area contributed by atoms with Gasteiger partial charge in [0.05, 0.1) is 17.6 Å². The first kappa shape index (κ1) is 16.4. The number of nitrogens with one attached hydrogen (secondary N) is 1. The first-order valence-corrected chi connectivity index (χ1v) is 7.35. The predicted octanol–water partition coefficient (Wildman–Crippen LogP) is 2.90. The number of halogens is 1. The minimum Gasteiger partial charge on any atom is -0.490 e. The number of hydrogen-bond donors (Lipinski definition) is 1. The van der Waals surface area contributed by atoms with Crippen LogP contribution >= 0.6 is 15.9 Å². The number of amides is 1. The van der Waals surface area contributed by atoms with E-state index in [1.165, 1.54) is 25.3 Å². The summed E-state index contributed by atoms with van der Waals surface area (Å²) in [5, 5.41) is 14.6. The Morgan fingerprint density at radius 1 is 1.55 bits per heavy atom. The second kappa shape index (κ2) is 7.84. The third-order valence-electron chi connectivity index (χ3n) is 2.93. The summed E-state index contributed by atoms with van der Waals surface area (Å²) in [5.74, 6) is -0.373. The molecular weight excluding hydrogens is 328 g/mol. The van der Waals surface area contributed by atoms with E-state index in [1.807, 2.05) is 6.92 Å². The fraction of sp³-hybridized carbons (Fsp3) is 0.462. The van der Waals surface area contributed by atoms with Crippen molar-refractivity contribution in [3.63, 3.8) is 0 Å². The molecule has 1 aromatic carbocycles. The number of nitro groups is 1. The Balaban J connectivity index is 3.03. The maximum absolute atomic E-state index is 12.2. The quantitative estimate of drug-likeness (QED) is 0.468. The highest BCUT2D eigenvalue weighted by Gasteiger charge is 2.23. The van der Waals surface area contributed by atoms with Crippen molar-refractivity contribution in [3.8, 4) is 5.75 Å². The van der Waals surface area contributed by atoms with E-state index in [1.54, 1.807) is 0 Å². The highest BCUT2D eigenvalue weighted by molar-refractivity contribution is 9.09. The molecule has 0 bridgehead atoms. The van der Waals surface area contributed by atoms with Crippen molar-refractivity contribution in [2.45, 2.75) is 25.8 Å². The smallest absolute Gasteiger partial charge is 0.311 e. The van der Waals surface area contributed by atoms with Gasteiger partial charge in [0.2, 0.25) is 5.75 Å². The van der Waals surface area contributed by atoms with Gasteiger partial charge in [-0.1, -0.05) is 28.9 Å². The third kappa shape index (κ3) is 3.93. The molecule has 1 N–H and O–H groups in total. The molecule has 110 valence electrons. The lowest BCUT2D eigenvalue weighted by Crippen LogP contribution is -2.34. The minimum absolute atomic E-state index is 0.0105. The van der Waals surface area contributed by atoms with E-state index in [9.17, 15) is 14.9 Å². The molecule has 1 aromatic rings. The Kier molecular flexibility index (Phi) is 6.44. The van der Waals surface area contributed by atoms with Gasteiger partial charge in [-0.2, -0.15) is 0 Å². The lowest BCUT2D eigenvalue weighted by atomic mass is 10.1. The fourth-order valence-electron chi connectivity index (χ4n) is 1.84. The second-order valence-electron chi connectivity index (χ2n) is 4.17. The van der Waals surface area contributed by atoms with Crippen molar-refractivity contribution in [3.05, 3.63) is 33.9 Å². The molecular formula is C13H17BrN2O4. The van der Waals surface area contributed by atoms with Crippen molar-refractivity contribution in [1.82, 2.24) is 5.32 Å². The average Bonchev–Trinajstić information content (AvgIpc) is 2.45. The Bertz CT molecular complexity index is 493. The highest BCUT2D eigenvalue weighted by atomic mass is 79.9. The van der Waals surface area contributed by atoms with Gasteiger partial charge in [0, 0.05) is 17.4 Å². The largest absolute Gasteiger partial charge is 0.490 e. The van der Waals surface area contributed by atoms with Crippen LogP contribution in [-0.2, 0) is 0 Å². The third-order valence-corrected chi connectivity index (χ3v) is 3.38. The van der Waals surface area contributed by atoms with Crippen LogP contribution in [0.15, 0.2) is 18.2 Å². The van der Waals surface area contributed by atoms with Crippen LogP contribution in [0, 0.1) is 10.1 Å². The molecule has 0 aliphatic rings. The molecule has 1 atom stereocenters. The second-order valence-corrected chi connectivity index (χ2v) is 4.96. The van der Waals surface area contributed by atoms with Crippen LogP contribution < -0.4 is 10.1 Å². The van der Waals surface area contributed by atoms with Crippen molar-refractivity contribution in [2.24, 2.45) is 0 Å². The molecule has 0 heterocycles. The molecule has 0 radical (unpaired) electrons. The molecule has 1 unspecified atom stereocenters. The monoisotopic (exact) mass is 344 g/mol. The first-order valence-electron chi connectivity index (χ1n) is 6.23. The van der Waals surface area contributed by atoms with E-state index in [0.29, 0.717) is 0 Å². The number of carbonyl (C=O) groups is 1. The summed E-state index contributed by atoms with van der Waals surface area (Å²) < 4.78 is 5.02. The SMILES string of the molecule is CCC(CCBr)NC(=O)c1cccc([N+](=O)[O-])c1OC. The van der Waals surface area contributed by atoms with Crippen molar-refractivity contribution in [2.75, 3.05) is 12.4 Å². The van der Waals surface area contributed by atoms with E-state index >= 15 is 0 Å². The number of alkyl halides is 1. The molecule has 0 aromatic heterocycles. The van der Waals surface area contributed by atoms with E-state index in [0.717, 1.165) is 18.2 Å². The number of nitro benzene ring substituents is 1. The Morgan fingerprint density at radius 2 is 2.25 bits per heavy atom. The van der Waals surface area contributed by atoms with Gasteiger partial charge in [0.1, 0.15) is 0 Å². The van der Waals surface area contributed by atoms with E-state index < -0.39 is 4.92 Å².